The van der Waals surface area contributed by atoms with Crippen molar-refractivity contribution in [2.45, 2.75) is 38.1 Å². The Balaban J connectivity index is 1.51. The third-order valence-electron chi connectivity index (χ3n) is 4.24. The van der Waals surface area contributed by atoms with Gasteiger partial charge in [0, 0.05) is 16.1 Å². The van der Waals surface area contributed by atoms with Gasteiger partial charge in [-0.15, -0.1) is 0 Å². The molecular weight excluding hydrogens is 386 g/mol. The van der Waals surface area contributed by atoms with Gasteiger partial charge < -0.3 is 10.1 Å². The summed E-state index contributed by atoms with van der Waals surface area (Å²) in [6.07, 6.45) is 5.49. The van der Waals surface area contributed by atoms with Gasteiger partial charge in [0.2, 0.25) is 0 Å². The molecular formula is C18H20BrN3O3. The molecule has 0 unspecified atom stereocenters. The number of carbonyl (C=O) groups is 2. The lowest BCUT2D eigenvalue weighted by Gasteiger charge is -2.22. The third-order valence-corrected chi connectivity index (χ3v) is 4.77. The summed E-state index contributed by atoms with van der Waals surface area (Å²) < 4.78 is 6.04. The molecule has 7 heteroatoms. The molecule has 0 radical (unpaired) electrons. The summed E-state index contributed by atoms with van der Waals surface area (Å²) in [6, 6.07) is 9.41. The van der Waals surface area contributed by atoms with Crippen LogP contribution in [-0.4, -0.2) is 34.7 Å². The van der Waals surface area contributed by atoms with E-state index in [1.165, 1.54) is 6.42 Å². The molecule has 1 amide bonds. The van der Waals surface area contributed by atoms with Crippen molar-refractivity contribution in [3.63, 3.8) is 0 Å². The molecule has 0 saturated heterocycles. The standard InChI is InChI=1S/C18H20BrN3O3/c19-13-8-6-12(7-9-13)15-10-16(22-21-15)18(24)25-11-17(23)20-14-4-2-1-3-5-14/h6-10,14H,1-5,11H2,(H,20,23)(H,21,22). The second-order valence-electron chi connectivity index (χ2n) is 6.15. The molecule has 6 nitrogen and oxygen atoms in total. The molecule has 1 aliphatic rings. The highest BCUT2D eigenvalue weighted by Crippen LogP contribution is 2.21. The zero-order chi connectivity index (χ0) is 17.6. The SMILES string of the molecule is O=C(COC(=O)c1cc(-c2ccc(Br)cc2)n[nH]1)NC1CCCCC1. The van der Waals surface area contributed by atoms with E-state index in [4.69, 9.17) is 4.74 Å². The minimum atomic E-state index is -0.588. The van der Waals surface area contributed by atoms with Crippen molar-refractivity contribution in [3.05, 3.63) is 40.5 Å². The second kappa shape index (κ2) is 8.29. The van der Waals surface area contributed by atoms with Gasteiger partial charge in [-0.05, 0) is 31.0 Å². The molecule has 1 fully saturated rings. The minimum Gasteiger partial charge on any atom is -0.451 e. The number of hydrogen-bond donors (Lipinski definition) is 2. The zero-order valence-electron chi connectivity index (χ0n) is 13.8. The third kappa shape index (κ3) is 4.92. The summed E-state index contributed by atoms with van der Waals surface area (Å²) in [5.41, 5.74) is 1.75. The van der Waals surface area contributed by atoms with Crippen LogP contribution < -0.4 is 5.32 Å². The van der Waals surface area contributed by atoms with E-state index < -0.39 is 5.97 Å². The molecule has 0 spiro atoms. The highest BCUT2D eigenvalue weighted by Gasteiger charge is 2.18. The number of carbonyl (C=O) groups excluding carboxylic acids is 2. The summed E-state index contributed by atoms with van der Waals surface area (Å²) in [6.45, 7) is -0.276. The maximum Gasteiger partial charge on any atom is 0.356 e. The summed E-state index contributed by atoms with van der Waals surface area (Å²) in [5.74, 6) is -0.845. The highest BCUT2D eigenvalue weighted by atomic mass is 79.9. The van der Waals surface area contributed by atoms with Crippen molar-refractivity contribution in [2.75, 3.05) is 6.61 Å². The first kappa shape index (κ1) is 17.7. The number of nitrogens with one attached hydrogen (secondary N) is 2. The van der Waals surface area contributed by atoms with Crippen LogP contribution in [0.15, 0.2) is 34.8 Å². The molecule has 1 aliphatic carbocycles. The summed E-state index contributed by atoms with van der Waals surface area (Å²) in [5, 5.41) is 9.69. The lowest BCUT2D eigenvalue weighted by Crippen LogP contribution is -2.38. The molecule has 2 N–H and O–H groups in total. The second-order valence-corrected chi connectivity index (χ2v) is 7.07. The predicted molar refractivity (Wildman–Crippen MR) is 97.0 cm³/mol. The van der Waals surface area contributed by atoms with Crippen molar-refractivity contribution in [1.82, 2.24) is 15.5 Å². The maximum absolute atomic E-state index is 12.1. The van der Waals surface area contributed by atoms with E-state index in [0.717, 1.165) is 35.7 Å². The number of aromatic amines is 1. The molecule has 2 aromatic rings. The van der Waals surface area contributed by atoms with Crippen LogP contribution in [0.1, 0.15) is 42.6 Å². The predicted octanol–water partition coefficient (Wildman–Crippen LogP) is 3.44. The van der Waals surface area contributed by atoms with Gasteiger partial charge in [-0.25, -0.2) is 4.79 Å². The van der Waals surface area contributed by atoms with Crippen LogP contribution in [-0.2, 0) is 9.53 Å². The van der Waals surface area contributed by atoms with Gasteiger partial charge >= 0.3 is 5.97 Å². The van der Waals surface area contributed by atoms with E-state index >= 15 is 0 Å². The molecule has 1 aromatic heterocycles. The van der Waals surface area contributed by atoms with E-state index in [-0.39, 0.29) is 24.2 Å². The smallest absolute Gasteiger partial charge is 0.356 e. The quantitative estimate of drug-likeness (QED) is 0.746. The number of ether oxygens (including phenoxy) is 1. The van der Waals surface area contributed by atoms with Gasteiger partial charge in [0.15, 0.2) is 6.61 Å². The van der Waals surface area contributed by atoms with Crippen LogP contribution in [0.25, 0.3) is 11.3 Å². The summed E-state index contributed by atoms with van der Waals surface area (Å²) >= 11 is 3.38. The van der Waals surface area contributed by atoms with Gasteiger partial charge in [-0.1, -0.05) is 47.3 Å². The van der Waals surface area contributed by atoms with Crippen molar-refractivity contribution >= 4 is 27.8 Å². The van der Waals surface area contributed by atoms with Gasteiger partial charge in [0.05, 0.1) is 5.69 Å². The lowest BCUT2D eigenvalue weighted by atomic mass is 9.95. The largest absolute Gasteiger partial charge is 0.451 e. The maximum atomic E-state index is 12.1. The molecule has 0 atom stereocenters. The fourth-order valence-electron chi connectivity index (χ4n) is 2.92. The first-order valence-corrected chi connectivity index (χ1v) is 9.19. The molecule has 1 heterocycles. The average molecular weight is 406 g/mol. The van der Waals surface area contributed by atoms with E-state index in [2.05, 4.69) is 31.4 Å². The fraction of sp³-hybridized carbons (Fsp3) is 0.389. The summed E-state index contributed by atoms with van der Waals surface area (Å²) in [7, 11) is 0. The van der Waals surface area contributed by atoms with Gasteiger partial charge in [-0.2, -0.15) is 5.10 Å². The molecule has 1 saturated carbocycles. The Labute approximate surface area is 154 Å². The van der Waals surface area contributed by atoms with Gasteiger partial charge in [0.1, 0.15) is 5.69 Å². The first-order valence-electron chi connectivity index (χ1n) is 8.39. The van der Waals surface area contributed by atoms with Crippen LogP contribution in [0.4, 0.5) is 0 Å². The minimum absolute atomic E-state index is 0.205. The number of hydrogen-bond acceptors (Lipinski definition) is 4. The number of benzene rings is 1. The fourth-order valence-corrected chi connectivity index (χ4v) is 3.18. The summed E-state index contributed by atoms with van der Waals surface area (Å²) in [4.78, 5) is 23.9. The Bertz CT molecular complexity index is 736. The van der Waals surface area contributed by atoms with Crippen LogP contribution in [0.5, 0.6) is 0 Å². The molecule has 25 heavy (non-hydrogen) atoms. The van der Waals surface area contributed by atoms with Crippen molar-refractivity contribution < 1.29 is 14.3 Å². The first-order chi connectivity index (χ1) is 12.1. The monoisotopic (exact) mass is 405 g/mol. The zero-order valence-corrected chi connectivity index (χ0v) is 15.3. The van der Waals surface area contributed by atoms with Gasteiger partial charge in [0.25, 0.3) is 5.91 Å². The van der Waals surface area contributed by atoms with Crippen LogP contribution >= 0.6 is 15.9 Å². The molecule has 3 rings (SSSR count). The number of halogens is 1. The Morgan fingerprint density at radius 1 is 1.20 bits per heavy atom. The number of esters is 1. The normalized spacial score (nSPS) is 14.9. The Morgan fingerprint density at radius 2 is 1.92 bits per heavy atom. The lowest BCUT2D eigenvalue weighted by molar-refractivity contribution is -0.125. The van der Waals surface area contributed by atoms with Crippen LogP contribution in [0.3, 0.4) is 0 Å². The van der Waals surface area contributed by atoms with E-state index in [9.17, 15) is 9.59 Å². The number of nitrogens with zero attached hydrogens (tertiary/aromatic N) is 1. The number of amides is 1. The molecule has 132 valence electrons. The number of aromatic nitrogens is 2. The van der Waals surface area contributed by atoms with E-state index in [1.807, 2.05) is 24.3 Å². The number of H-pyrrole nitrogens is 1. The molecule has 0 aliphatic heterocycles. The van der Waals surface area contributed by atoms with Crippen molar-refractivity contribution in [1.29, 1.82) is 0 Å². The average Bonchev–Trinajstić information content (AvgIpc) is 3.11. The molecule has 0 bridgehead atoms. The van der Waals surface area contributed by atoms with Crippen molar-refractivity contribution in [3.8, 4) is 11.3 Å². The highest BCUT2D eigenvalue weighted by molar-refractivity contribution is 9.10. The Kier molecular flexibility index (Phi) is 5.86. The topological polar surface area (TPSA) is 84.1 Å². The van der Waals surface area contributed by atoms with Crippen LogP contribution in [0, 0.1) is 0 Å². The van der Waals surface area contributed by atoms with Gasteiger partial charge in [-0.3, -0.25) is 9.89 Å². The van der Waals surface area contributed by atoms with E-state index in [1.54, 1.807) is 6.07 Å². The van der Waals surface area contributed by atoms with Crippen LogP contribution in [0.2, 0.25) is 0 Å². The molecule has 1 aromatic carbocycles. The Hall–Kier alpha value is -2.15. The Morgan fingerprint density at radius 3 is 2.64 bits per heavy atom. The van der Waals surface area contributed by atoms with E-state index in [0.29, 0.717) is 5.69 Å². The number of rotatable bonds is 5. The van der Waals surface area contributed by atoms with Crippen molar-refractivity contribution in [2.24, 2.45) is 0 Å².